The van der Waals surface area contributed by atoms with Crippen LogP contribution in [0.25, 0.3) is 0 Å². The number of rotatable bonds is 2. The monoisotopic (exact) mass is 250 g/mol. The van der Waals surface area contributed by atoms with E-state index in [-0.39, 0.29) is 44.3 Å². The van der Waals surface area contributed by atoms with E-state index in [4.69, 9.17) is 10.2 Å². The maximum Gasteiger partial charge on any atom is 2.00 e. The van der Waals surface area contributed by atoms with Crippen molar-refractivity contribution in [2.75, 3.05) is 0 Å². The molecule has 0 fully saturated rings. The SMILES string of the molecule is O=C(O)/C=C\C(=O)O.[Cl-].[Cl-].[Zn+2]. The molecule has 0 heterocycles. The first kappa shape index (κ1) is 22.4. The summed E-state index contributed by atoms with van der Waals surface area (Å²) in [5.41, 5.74) is 0. The largest absolute Gasteiger partial charge is 2.00 e. The van der Waals surface area contributed by atoms with Gasteiger partial charge < -0.3 is 35.0 Å². The van der Waals surface area contributed by atoms with Gasteiger partial charge in [0, 0.05) is 12.2 Å². The minimum absolute atomic E-state index is 0. The molecule has 0 aromatic heterocycles. The molecule has 0 bridgehead atoms. The van der Waals surface area contributed by atoms with Crippen LogP contribution in [0.2, 0.25) is 0 Å². The van der Waals surface area contributed by atoms with E-state index in [9.17, 15) is 9.59 Å². The smallest absolute Gasteiger partial charge is 1.00 e. The molecule has 0 atom stereocenters. The second kappa shape index (κ2) is 12.5. The first-order valence-corrected chi connectivity index (χ1v) is 1.77. The van der Waals surface area contributed by atoms with Crippen LogP contribution in [0.1, 0.15) is 0 Å². The third kappa shape index (κ3) is 25.8. The van der Waals surface area contributed by atoms with E-state index in [1.54, 1.807) is 0 Å². The van der Waals surface area contributed by atoms with Crippen LogP contribution in [0.3, 0.4) is 0 Å². The van der Waals surface area contributed by atoms with Crippen LogP contribution in [0.4, 0.5) is 0 Å². The van der Waals surface area contributed by atoms with Gasteiger partial charge in [-0.2, -0.15) is 0 Å². The Labute approximate surface area is 88.2 Å². The van der Waals surface area contributed by atoms with Gasteiger partial charge in [0.2, 0.25) is 0 Å². The van der Waals surface area contributed by atoms with Gasteiger partial charge in [-0.25, -0.2) is 9.59 Å². The molecule has 0 radical (unpaired) electrons. The van der Waals surface area contributed by atoms with Gasteiger partial charge in [0.15, 0.2) is 0 Å². The Morgan fingerprint density at radius 2 is 1.09 bits per heavy atom. The van der Waals surface area contributed by atoms with Crippen LogP contribution in [-0.2, 0) is 29.1 Å². The van der Waals surface area contributed by atoms with Crippen LogP contribution in [-0.4, -0.2) is 22.2 Å². The predicted octanol–water partition coefficient (Wildman–Crippen LogP) is -6.28. The third-order valence-electron chi connectivity index (χ3n) is 0.368. The van der Waals surface area contributed by atoms with Crippen molar-refractivity contribution in [1.29, 1.82) is 0 Å². The van der Waals surface area contributed by atoms with Gasteiger partial charge in [0.1, 0.15) is 0 Å². The van der Waals surface area contributed by atoms with Gasteiger partial charge in [-0.3, -0.25) is 0 Å². The number of aliphatic carboxylic acids is 2. The molecule has 11 heavy (non-hydrogen) atoms. The molecule has 0 aromatic carbocycles. The molecule has 0 aliphatic heterocycles. The average Bonchev–Trinajstić information content (AvgIpc) is 1.61. The summed E-state index contributed by atoms with van der Waals surface area (Å²) in [5, 5.41) is 15.6. The molecule has 2 N–H and O–H groups in total. The molecule has 0 unspecified atom stereocenters. The van der Waals surface area contributed by atoms with Gasteiger partial charge in [-0.1, -0.05) is 0 Å². The molecule has 0 amide bonds. The van der Waals surface area contributed by atoms with Crippen LogP contribution in [0.15, 0.2) is 12.2 Å². The topological polar surface area (TPSA) is 74.6 Å². The van der Waals surface area contributed by atoms with E-state index in [0.29, 0.717) is 12.2 Å². The molecule has 4 nitrogen and oxygen atoms in total. The van der Waals surface area contributed by atoms with Crippen molar-refractivity contribution in [3.8, 4) is 0 Å². The zero-order valence-corrected chi connectivity index (χ0v) is 9.81. The summed E-state index contributed by atoms with van der Waals surface area (Å²) in [7, 11) is 0. The Balaban J connectivity index is -0.0000000817. The first-order valence-electron chi connectivity index (χ1n) is 1.77. The minimum Gasteiger partial charge on any atom is -1.00 e. The number of carboxylic acid groups (broad SMARTS) is 2. The van der Waals surface area contributed by atoms with Gasteiger partial charge in [-0.05, 0) is 0 Å². The van der Waals surface area contributed by atoms with E-state index in [2.05, 4.69) is 0 Å². The Morgan fingerprint density at radius 3 is 1.18 bits per heavy atom. The van der Waals surface area contributed by atoms with Crippen LogP contribution in [0, 0.1) is 0 Å². The van der Waals surface area contributed by atoms with Crippen molar-refractivity contribution in [3.05, 3.63) is 12.2 Å². The fourth-order valence-electron chi connectivity index (χ4n) is 0.143. The van der Waals surface area contributed by atoms with Gasteiger partial charge in [-0.15, -0.1) is 0 Å². The van der Waals surface area contributed by atoms with Gasteiger partial charge >= 0.3 is 31.4 Å². The summed E-state index contributed by atoms with van der Waals surface area (Å²) in [5.74, 6) is -2.51. The van der Waals surface area contributed by atoms with Crippen molar-refractivity contribution < 1.29 is 64.1 Å². The van der Waals surface area contributed by atoms with Crippen LogP contribution >= 0.6 is 0 Å². The molecule has 0 aliphatic rings. The van der Waals surface area contributed by atoms with Crippen LogP contribution < -0.4 is 24.8 Å². The van der Waals surface area contributed by atoms with E-state index >= 15 is 0 Å². The van der Waals surface area contributed by atoms with E-state index in [0.717, 1.165) is 0 Å². The van der Waals surface area contributed by atoms with Crippen molar-refractivity contribution in [1.82, 2.24) is 0 Å². The number of carboxylic acids is 2. The Kier molecular flexibility index (Phi) is 25.6. The molecule has 0 aliphatic carbocycles. The third-order valence-corrected chi connectivity index (χ3v) is 0.368. The Hall–Kier alpha value is -0.117. The molecular formula is C4H4Cl2O4Zn. The summed E-state index contributed by atoms with van der Waals surface area (Å²) < 4.78 is 0. The van der Waals surface area contributed by atoms with Crippen molar-refractivity contribution >= 4 is 11.9 Å². The van der Waals surface area contributed by atoms with Gasteiger partial charge in [0.25, 0.3) is 0 Å². The summed E-state index contributed by atoms with van der Waals surface area (Å²) in [6.45, 7) is 0. The standard InChI is InChI=1S/C4H4O4.2ClH.Zn/c5-3(6)1-2-4(7)8;;;/h1-2H,(H,5,6)(H,7,8);2*1H;/q;;;+2/p-2/b2-1-;;;. The maximum absolute atomic E-state index is 9.55. The van der Waals surface area contributed by atoms with E-state index in [1.165, 1.54) is 0 Å². The minimum atomic E-state index is -1.26. The molecule has 0 rings (SSSR count). The fourth-order valence-corrected chi connectivity index (χ4v) is 0.143. The number of hydrogen-bond acceptors (Lipinski definition) is 2. The average molecular weight is 252 g/mol. The second-order valence-electron chi connectivity index (χ2n) is 1.01. The molecule has 0 saturated heterocycles. The predicted molar refractivity (Wildman–Crippen MR) is 24.4 cm³/mol. The summed E-state index contributed by atoms with van der Waals surface area (Å²) in [4.78, 5) is 19.1. The quantitative estimate of drug-likeness (QED) is 0.379. The zero-order chi connectivity index (χ0) is 6.57. The molecule has 0 saturated carbocycles. The molecule has 0 spiro atoms. The second-order valence-corrected chi connectivity index (χ2v) is 1.01. The van der Waals surface area contributed by atoms with Crippen LogP contribution in [0.5, 0.6) is 0 Å². The number of halogens is 2. The Bertz CT molecular complexity index is 131. The molecule has 60 valence electrons. The van der Waals surface area contributed by atoms with Crippen molar-refractivity contribution in [2.45, 2.75) is 0 Å². The molecular weight excluding hydrogens is 248 g/mol. The fraction of sp³-hybridized carbons (Fsp3) is 0. The number of hydrogen-bond donors (Lipinski definition) is 2. The molecule has 0 aromatic rings. The van der Waals surface area contributed by atoms with E-state index < -0.39 is 11.9 Å². The summed E-state index contributed by atoms with van der Waals surface area (Å²) >= 11 is 0. The maximum atomic E-state index is 9.55. The normalized spacial score (nSPS) is 6.91. The zero-order valence-electron chi connectivity index (χ0n) is 5.33. The molecule has 7 heteroatoms. The van der Waals surface area contributed by atoms with Crippen molar-refractivity contribution in [3.63, 3.8) is 0 Å². The number of carbonyl (C=O) groups is 2. The first-order chi connectivity index (χ1) is 3.63. The summed E-state index contributed by atoms with van der Waals surface area (Å²) in [6.07, 6.45) is 1.12. The summed E-state index contributed by atoms with van der Waals surface area (Å²) in [6, 6.07) is 0. The Morgan fingerprint density at radius 1 is 0.909 bits per heavy atom. The van der Waals surface area contributed by atoms with Gasteiger partial charge in [0.05, 0.1) is 0 Å². The van der Waals surface area contributed by atoms with E-state index in [1.807, 2.05) is 0 Å². The van der Waals surface area contributed by atoms with Crippen molar-refractivity contribution in [2.24, 2.45) is 0 Å².